The summed E-state index contributed by atoms with van der Waals surface area (Å²) in [6, 6.07) is 6.76. The summed E-state index contributed by atoms with van der Waals surface area (Å²) in [5, 5.41) is 10.8. The monoisotopic (exact) mass is 331 g/mol. The lowest BCUT2D eigenvalue weighted by molar-refractivity contribution is -1.12. The average Bonchev–Trinajstić information content (AvgIpc) is 2.71. The van der Waals surface area contributed by atoms with Crippen LogP contribution in [-0.2, 0) is 14.4 Å². The lowest BCUT2D eigenvalue weighted by atomic mass is 9.99. The number of aromatic nitrogens is 1. The molecule has 5 N–H and O–H groups in total. The SMILES string of the molecule is Cc1cc(C2CC(=O)[N+](O)(OC(N)=O)C2=O)nc2ccc(N)cc12. The number of imide groups is 1. The highest BCUT2D eigenvalue weighted by atomic mass is 17.0. The number of quaternary nitrogens is 1. The van der Waals surface area contributed by atoms with Crippen LogP contribution in [-0.4, -0.2) is 32.9 Å². The molecule has 0 aliphatic carbocycles. The number of aryl methyl sites for hydroxylation is 1. The maximum atomic E-state index is 12.4. The van der Waals surface area contributed by atoms with E-state index in [2.05, 4.69) is 9.82 Å². The molecular weight excluding hydrogens is 316 g/mol. The van der Waals surface area contributed by atoms with Crippen molar-refractivity contribution in [3.8, 4) is 0 Å². The van der Waals surface area contributed by atoms with Gasteiger partial charge in [-0.3, -0.25) is 4.98 Å². The van der Waals surface area contributed by atoms with E-state index in [9.17, 15) is 19.6 Å². The lowest BCUT2D eigenvalue weighted by Crippen LogP contribution is -2.52. The average molecular weight is 331 g/mol. The molecule has 2 unspecified atom stereocenters. The third-order valence-electron chi connectivity index (χ3n) is 3.95. The molecule has 0 radical (unpaired) electrons. The fourth-order valence-corrected chi connectivity index (χ4v) is 2.79. The summed E-state index contributed by atoms with van der Waals surface area (Å²) in [7, 11) is 0. The van der Waals surface area contributed by atoms with E-state index in [4.69, 9.17) is 11.5 Å². The summed E-state index contributed by atoms with van der Waals surface area (Å²) < 4.78 is 0. The Morgan fingerprint density at radius 1 is 1.38 bits per heavy atom. The Morgan fingerprint density at radius 3 is 2.75 bits per heavy atom. The molecule has 1 aliphatic rings. The van der Waals surface area contributed by atoms with Crippen molar-refractivity contribution < 1.29 is 29.2 Å². The van der Waals surface area contributed by atoms with Crippen molar-refractivity contribution >= 4 is 34.5 Å². The smallest absolute Gasteiger partial charge is 0.399 e. The molecule has 9 heteroatoms. The summed E-state index contributed by atoms with van der Waals surface area (Å²) in [6.07, 6.45) is -1.78. The van der Waals surface area contributed by atoms with Gasteiger partial charge in [0, 0.05) is 11.1 Å². The Hall–Kier alpha value is -3.04. The second-order valence-corrected chi connectivity index (χ2v) is 5.62. The molecule has 2 heterocycles. The Bertz CT molecular complexity index is 897. The number of nitrogens with zero attached hydrogens (tertiary/aromatic N) is 2. The van der Waals surface area contributed by atoms with E-state index in [1.807, 2.05) is 6.92 Å². The van der Waals surface area contributed by atoms with Gasteiger partial charge in [-0.2, -0.15) is 5.21 Å². The minimum atomic E-state index is -2.10. The zero-order chi connectivity index (χ0) is 17.6. The molecule has 1 aromatic heterocycles. The number of pyridine rings is 1. The summed E-state index contributed by atoms with van der Waals surface area (Å²) >= 11 is 0. The summed E-state index contributed by atoms with van der Waals surface area (Å²) in [5.74, 6) is -3.04. The van der Waals surface area contributed by atoms with E-state index < -0.39 is 28.6 Å². The topological polar surface area (TPSA) is 146 Å². The van der Waals surface area contributed by atoms with Gasteiger partial charge >= 0.3 is 17.9 Å². The lowest BCUT2D eigenvalue weighted by Gasteiger charge is -2.15. The molecule has 1 saturated heterocycles. The normalized spacial score (nSPS) is 23.7. The molecule has 0 saturated carbocycles. The van der Waals surface area contributed by atoms with Crippen LogP contribution < -0.4 is 11.5 Å². The summed E-state index contributed by atoms with van der Waals surface area (Å²) in [4.78, 5) is 41.7. The second-order valence-electron chi connectivity index (χ2n) is 5.62. The number of rotatable bonds is 2. The number of benzene rings is 1. The number of anilines is 1. The van der Waals surface area contributed by atoms with Crippen molar-refractivity contribution in [2.45, 2.75) is 19.3 Å². The zero-order valence-electron chi connectivity index (χ0n) is 12.7. The number of carbonyl (C=O) groups excluding carboxylic acids is 3. The largest absolute Gasteiger partial charge is 0.465 e. The molecule has 2 aromatic rings. The molecule has 24 heavy (non-hydrogen) atoms. The number of nitrogens with two attached hydrogens (primary N) is 2. The van der Waals surface area contributed by atoms with Gasteiger partial charge in [-0.25, -0.2) is 19.2 Å². The molecule has 0 spiro atoms. The van der Waals surface area contributed by atoms with Gasteiger partial charge in [-0.05, 0) is 36.8 Å². The quantitative estimate of drug-likeness (QED) is 0.320. The first-order valence-electron chi connectivity index (χ1n) is 7.08. The summed E-state index contributed by atoms with van der Waals surface area (Å²) in [6.45, 7) is 1.81. The Balaban J connectivity index is 2.05. The number of hydrogen-bond acceptors (Lipinski definition) is 7. The second kappa shape index (κ2) is 5.25. The Morgan fingerprint density at radius 2 is 2.08 bits per heavy atom. The van der Waals surface area contributed by atoms with Gasteiger partial charge in [0.05, 0.1) is 17.6 Å². The van der Waals surface area contributed by atoms with Crippen molar-refractivity contribution in [2.75, 3.05) is 5.73 Å². The number of hydroxylamine groups is 4. The minimum absolute atomic E-state index is 0.297. The number of nitrogen functional groups attached to an aromatic ring is 1. The predicted molar refractivity (Wildman–Crippen MR) is 81.0 cm³/mol. The predicted octanol–water partition coefficient (Wildman–Crippen LogP) is 0.882. The van der Waals surface area contributed by atoms with Crippen LogP contribution >= 0.6 is 0 Å². The van der Waals surface area contributed by atoms with Crippen LogP contribution in [0.15, 0.2) is 24.3 Å². The highest BCUT2D eigenvalue weighted by Crippen LogP contribution is 2.35. The molecule has 124 valence electrons. The number of carbonyl (C=O) groups is 3. The van der Waals surface area contributed by atoms with Crippen molar-refractivity contribution in [1.82, 2.24) is 4.98 Å². The summed E-state index contributed by atoms with van der Waals surface area (Å²) in [5.41, 5.74) is 12.8. The van der Waals surface area contributed by atoms with Gasteiger partial charge in [0.1, 0.15) is 10.7 Å². The van der Waals surface area contributed by atoms with Gasteiger partial charge in [0.2, 0.25) is 0 Å². The maximum Gasteiger partial charge on any atom is 0.465 e. The molecular formula is C15H15N4O5+. The molecule has 2 atom stereocenters. The maximum absolute atomic E-state index is 12.4. The van der Waals surface area contributed by atoms with Crippen LogP contribution in [0.25, 0.3) is 10.9 Å². The van der Waals surface area contributed by atoms with Gasteiger partial charge < -0.3 is 11.5 Å². The molecule has 9 nitrogen and oxygen atoms in total. The third-order valence-corrected chi connectivity index (χ3v) is 3.95. The Labute approximate surface area is 135 Å². The molecule has 1 aromatic carbocycles. The number of amides is 3. The fourth-order valence-electron chi connectivity index (χ4n) is 2.79. The molecule has 3 rings (SSSR count). The van der Waals surface area contributed by atoms with Crippen molar-refractivity contribution in [3.63, 3.8) is 0 Å². The molecule has 0 bridgehead atoms. The number of primary amides is 1. The van der Waals surface area contributed by atoms with Gasteiger partial charge in [0.15, 0.2) is 0 Å². The van der Waals surface area contributed by atoms with Crippen LogP contribution in [0, 0.1) is 6.92 Å². The van der Waals surface area contributed by atoms with Crippen molar-refractivity contribution in [2.24, 2.45) is 5.73 Å². The van der Waals surface area contributed by atoms with Crippen LogP contribution in [0.2, 0.25) is 0 Å². The van der Waals surface area contributed by atoms with E-state index >= 15 is 0 Å². The van der Waals surface area contributed by atoms with Gasteiger partial charge in [0.25, 0.3) is 0 Å². The van der Waals surface area contributed by atoms with Crippen LogP contribution in [0.5, 0.6) is 0 Å². The van der Waals surface area contributed by atoms with Gasteiger partial charge in [-0.15, -0.1) is 0 Å². The molecule has 1 aliphatic heterocycles. The van der Waals surface area contributed by atoms with Gasteiger partial charge in [-0.1, -0.05) is 0 Å². The number of fused-ring (bicyclic) bond motifs is 1. The van der Waals surface area contributed by atoms with E-state index in [0.29, 0.717) is 16.9 Å². The van der Waals surface area contributed by atoms with Crippen LogP contribution in [0.1, 0.15) is 23.6 Å². The molecule has 1 fully saturated rings. The first kappa shape index (κ1) is 15.8. The Kier molecular flexibility index (Phi) is 3.47. The van der Waals surface area contributed by atoms with Crippen LogP contribution in [0.3, 0.4) is 0 Å². The highest BCUT2D eigenvalue weighted by molar-refractivity contribution is 5.96. The van der Waals surface area contributed by atoms with Crippen molar-refractivity contribution in [1.29, 1.82) is 0 Å². The van der Waals surface area contributed by atoms with E-state index in [0.717, 1.165) is 10.9 Å². The first-order valence-corrected chi connectivity index (χ1v) is 7.08. The van der Waals surface area contributed by atoms with Crippen molar-refractivity contribution in [3.05, 3.63) is 35.5 Å². The van der Waals surface area contributed by atoms with E-state index in [1.165, 1.54) is 0 Å². The zero-order valence-corrected chi connectivity index (χ0v) is 12.7. The third kappa shape index (κ3) is 2.36. The molecule has 3 amide bonds. The standard InChI is InChI=1S/C15H14N4O5/c1-7-4-12(18-11-3-2-8(16)5-9(7)11)10-6-13(20)19(23,14(10)21)24-15(17)22/h2-5,10,23H,6,16H2,1H3,(H-,17,22)/p+1. The van der Waals surface area contributed by atoms with E-state index in [-0.39, 0.29) is 6.42 Å². The fraction of sp³-hybridized carbons (Fsp3) is 0.200. The van der Waals surface area contributed by atoms with Crippen LogP contribution in [0.4, 0.5) is 10.5 Å². The number of hydrogen-bond donors (Lipinski definition) is 3. The highest BCUT2D eigenvalue weighted by Gasteiger charge is 2.62. The first-order chi connectivity index (χ1) is 11.2. The minimum Gasteiger partial charge on any atom is -0.399 e. The van der Waals surface area contributed by atoms with E-state index in [1.54, 1.807) is 24.3 Å².